The van der Waals surface area contributed by atoms with E-state index < -0.39 is 0 Å². The molecule has 3 unspecified atom stereocenters. The van der Waals surface area contributed by atoms with Crippen LogP contribution < -0.4 is 5.73 Å². The van der Waals surface area contributed by atoms with Gasteiger partial charge in [0.25, 0.3) is 0 Å². The summed E-state index contributed by atoms with van der Waals surface area (Å²) in [5.74, 6) is 3.95. The Bertz CT molecular complexity index is 475. The molecule has 3 nitrogen and oxygen atoms in total. The van der Waals surface area contributed by atoms with E-state index in [0.717, 1.165) is 17.7 Å². The van der Waals surface area contributed by atoms with Gasteiger partial charge in [0.1, 0.15) is 5.82 Å². The first-order valence-electron chi connectivity index (χ1n) is 8.40. The molecule has 0 spiro atoms. The van der Waals surface area contributed by atoms with Gasteiger partial charge in [-0.2, -0.15) is 5.10 Å². The molecule has 2 N–H and O–H groups in total. The van der Waals surface area contributed by atoms with Gasteiger partial charge in [-0.1, -0.05) is 39.5 Å². The fourth-order valence-electron chi connectivity index (χ4n) is 4.59. The Balaban J connectivity index is 1.84. The molecule has 112 valence electrons. The molecule has 1 heterocycles. The van der Waals surface area contributed by atoms with E-state index in [9.17, 15) is 0 Å². The standard InChI is InChI=1S/C17H29N3/c1-11(2)15-16(19-20(3)17(15)18)14-9-8-12-6-4-5-7-13(12)10-14/h11-14H,4-10,18H2,1-3H3. The minimum atomic E-state index is 0.475. The summed E-state index contributed by atoms with van der Waals surface area (Å²) >= 11 is 0. The highest BCUT2D eigenvalue weighted by atomic mass is 15.3. The smallest absolute Gasteiger partial charge is 0.125 e. The van der Waals surface area contributed by atoms with Crippen molar-refractivity contribution < 1.29 is 0 Å². The fourth-order valence-corrected chi connectivity index (χ4v) is 4.59. The summed E-state index contributed by atoms with van der Waals surface area (Å²) in [6, 6.07) is 0. The van der Waals surface area contributed by atoms with Gasteiger partial charge in [-0.25, -0.2) is 0 Å². The number of nitrogens with zero attached hydrogens (tertiary/aromatic N) is 2. The summed E-state index contributed by atoms with van der Waals surface area (Å²) in [6.45, 7) is 4.48. The molecule has 3 heteroatoms. The topological polar surface area (TPSA) is 43.8 Å². The van der Waals surface area contributed by atoms with Crippen LogP contribution >= 0.6 is 0 Å². The van der Waals surface area contributed by atoms with Crippen LogP contribution in [0.2, 0.25) is 0 Å². The molecular formula is C17H29N3. The van der Waals surface area contributed by atoms with Crippen molar-refractivity contribution in [3.63, 3.8) is 0 Å². The lowest BCUT2D eigenvalue weighted by molar-refractivity contribution is 0.154. The Labute approximate surface area is 122 Å². The number of anilines is 1. The number of aryl methyl sites for hydroxylation is 1. The maximum absolute atomic E-state index is 6.24. The highest BCUT2D eigenvalue weighted by Crippen LogP contribution is 2.47. The molecule has 0 radical (unpaired) electrons. The first kappa shape index (κ1) is 14.0. The predicted octanol–water partition coefficient (Wildman–Crippen LogP) is 4.20. The molecule has 0 aliphatic heterocycles. The number of nitrogen functional groups attached to an aromatic ring is 1. The van der Waals surface area contributed by atoms with Crippen molar-refractivity contribution in [3.05, 3.63) is 11.3 Å². The highest BCUT2D eigenvalue weighted by Gasteiger charge is 2.35. The van der Waals surface area contributed by atoms with Crippen LogP contribution in [0.5, 0.6) is 0 Å². The lowest BCUT2D eigenvalue weighted by Gasteiger charge is -2.39. The second-order valence-electron chi connectivity index (χ2n) is 7.28. The third-order valence-corrected chi connectivity index (χ3v) is 5.66. The van der Waals surface area contributed by atoms with Gasteiger partial charge in [-0.15, -0.1) is 0 Å². The van der Waals surface area contributed by atoms with E-state index in [-0.39, 0.29) is 0 Å². The summed E-state index contributed by atoms with van der Waals surface area (Å²) in [7, 11) is 1.98. The summed E-state index contributed by atoms with van der Waals surface area (Å²) in [6.07, 6.45) is 9.88. The molecule has 2 fully saturated rings. The van der Waals surface area contributed by atoms with E-state index in [1.807, 2.05) is 11.7 Å². The minimum Gasteiger partial charge on any atom is -0.384 e. The summed E-state index contributed by atoms with van der Waals surface area (Å²) in [5.41, 5.74) is 8.86. The van der Waals surface area contributed by atoms with Crippen molar-refractivity contribution in [2.75, 3.05) is 5.73 Å². The predicted molar refractivity (Wildman–Crippen MR) is 83.7 cm³/mol. The van der Waals surface area contributed by atoms with Gasteiger partial charge >= 0.3 is 0 Å². The third kappa shape index (κ3) is 2.36. The van der Waals surface area contributed by atoms with Crippen molar-refractivity contribution in [3.8, 4) is 0 Å². The number of hydrogen-bond donors (Lipinski definition) is 1. The molecule has 1 aromatic rings. The largest absolute Gasteiger partial charge is 0.384 e. The fraction of sp³-hybridized carbons (Fsp3) is 0.824. The van der Waals surface area contributed by atoms with E-state index in [2.05, 4.69) is 13.8 Å². The minimum absolute atomic E-state index is 0.475. The molecule has 3 atom stereocenters. The summed E-state index contributed by atoms with van der Waals surface area (Å²) in [5, 5.41) is 4.78. The highest BCUT2D eigenvalue weighted by molar-refractivity contribution is 5.46. The molecule has 20 heavy (non-hydrogen) atoms. The Hall–Kier alpha value is -0.990. The second-order valence-corrected chi connectivity index (χ2v) is 7.28. The van der Waals surface area contributed by atoms with Gasteiger partial charge in [0.2, 0.25) is 0 Å². The Morgan fingerprint density at radius 2 is 1.80 bits per heavy atom. The van der Waals surface area contributed by atoms with Gasteiger partial charge in [-0.05, 0) is 37.0 Å². The Morgan fingerprint density at radius 3 is 2.50 bits per heavy atom. The van der Waals surface area contributed by atoms with E-state index >= 15 is 0 Å². The summed E-state index contributed by atoms with van der Waals surface area (Å²) in [4.78, 5) is 0. The van der Waals surface area contributed by atoms with Gasteiger partial charge in [0.05, 0.1) is 5.69 Å². The first-order chi connectivity index (χ1) is 9.58. The van der Waals surface area contributed by atoms with Gasteiger partial charge in [0.15, 0.2) is 0 Å². The van der Waals surface area contributed by atoms with Crippen LogP contribution in [0.25, 0.3) is 0 Å². The van der Waals surface area contributed by atoms with E-state index in [1.165, 1.54) is 56.2 Å². The second kappa shape index (κ2) is 5.42. The van der Waals surface area contributed by atoms with E-state index in [0.29, 0.717) is 11.8 Å². The molecule has 0 amide bonds. The van der Waals surface area contributed by atoms with Crippen LogP contribution in [-0.2, 0) is 7.05 Å². The molecular weight excluding hydrogens is 246 g/mol. The molecule has 2 aliphatic rings. The average molecular weight is 275 g/mol. The van der Waals surface area contributed by atoms with Crippen LogP contribution in [-0.4, -0.2) is 9.78 Å². The van der Waals surface area contributed by atoms with Crippen LogP contribution in [0.3, 0.4) is 0 Å². The lowest BCUT2D eigenvalue weighted by Crippen LogP contribution is -2.27. The van der Waals surface area contributed by atoms with Crippen molar-refractivity contribution in [2.45, 2.75) is 70.6 Å². The van der Waals surface area contributed by atoms with Gasteiger partial charge in [-0.3, -0.25) is 4.68 Å². The number of aromatic nitrogens is 2. The molecule has 2 saturated carbocycles. The number of nitrogens with two attached hydrogens (primary N) is 1. The van der Waals surface area contributed by atoms with Crippen molar-refractivity contribution in [1.29, 1.82) is 0 Å². The normalized spacial score (nSPS) is 30.5. The summed E-state index contributed by atoms with van der Waals surface area (Å²) < 4.78 is 1.89. The van der Waals surface area contributed by atoms with Crippen LogP contribution in [0.15, 0.2) is 0 Å². The quantitative estimate of drug-likeness (QED) is 0.879. The molecule has 0 bridgehead atoms. The molecule has 1 aromatic heterocycles. The number of hydrogen-bond acceptors (Lipinski definition) is 2. The van der Waals surface area contributed by atoms with Crippen LogP contribution in [0.1, 0.15) is 81.9 Å². The Kier molecular flexibility index (Phi) is 3.78. The van der Waals surface area contributed by atoms with E-state index in [1.54, 1.807) is 0 Å². The maximum Gasteiger partial charge on any atom is 0.125 e. The van der Waals surface area contributed by atoms with Crippen molar-refractivity contribution in [2.24, 2.45) is 18.9 Å². The third-order valence-electron chi connectivity index (χ3n) is 5.66. The average Bonchev–Trinajstić information content (AvgIpc) is 2.74. The lowest BCUT2D eigenvalue weighted by atomic mass is 9.66. The zero-order valence-electron chi connectivity index (χ0n) is 13.2. The van der Waals surface area contributed by atoms with Crippen LogP contribution in [0, 0.1) is 11.8 Å². The Morgan fingerprint density at radius 1 is 1.10 bits per heavy atom. The molecule has 3 rings (SSSR count). The molecule has 2 aliphatic carbocycles. The zero-order valence-corrected chi connectivity index (χ0v) is 13.2. The SMILES string of the molecule is CC(C)c1c(C2CCC3CCCCC3C2)nn(C)c1N. The van der Waals surface area contributed by atoms with Gasteiger partial charge < -0.3 is 5.73 Å². The zero-order chi connectivity index (χ0) is 14.3. The van der Waals surface area contributed by atoms with Crippen LogP contribution in [0.4, 0.5) is 5.82 Å². The number of rotatable bonds is 2. The molecule has 0 aromatic carbocycles. The number of fused-ring (bicyclic) bond motifs is 1. The maximum atomic E-state index is 6.24. The van der Waals surface area contributed by atoms with E-state index in [4.69, 9.17) is 10.8 Å². The van der Waals surface area contributed by atoms with Gasteiger partial charge in [0, 0.05) is 18.5 Å². The van der Waals surface area contributed by atoms with Crippen molar-refractivity contribution >= 4 is 5.82 Å². The van der Waals surface area contributed by atoms with Crippen molar-refractivity contribution in [1.82, 2.24) is 9.78 Å². The first-order valence-corrected chi connectivity index (χ1v) is 8.40. The molecule has 0 saturated heterocycles. The monoisotopic (exact) mass is 275 g/mol.